The summed E-state index contributed by atoms with van der Waals surface area (Å²) in [4.78, 5) is 37.0. The van der Waals surface area contributed by atoms with Gasteiger partial charge in [-0.15, -0.1) is 0 Å². The Morgan fingerprint density at radius 1 is 1.47 bits per heavy atom. The van der Waals surface area contributed by atoms with E-state index in [2.05, 4.69) is 4.98 Å². The van der Waals surface area contributed by atoms with E-state index in [0.29, 0.717) is 5.56 Å². The Kier molecular flexibility index (Phi) is 4.03. The first-order chi connectivity index (χ1) is 7.91. The van der Waals surface area contributed by atoms with Crippen molar-refractivity contribution in [3.8, 4) is 0 Å². The van der Waals surface area contributed by atoms with Gasteiger partial charge in [0.2, 0.25) is 5.56 Å². The van der Waals surface area contributed by atoms with Crippen LogP contribution >= 0.6 is 0 Å². The number of carbonyl (C=O) groups excluding carboxylic acids is 1. The molecule has 2 N–H and O–H groups in total. The first kappa shape index (κ1) is 13.0. The molecule has 1 aromatic heterocycles. The molecule has 17 heavy (non-hydrogen) atoms. The smallest absolute Gasteiger partial charge is 0.308 e. The van der Waals surface area contributed by atoms with Crippen molar-refractivity contribution in [3.05, 3.63) is 34.2 Å². The number of carbonyl (C=O) groups is 2. The van der Waals surface area contributed by atoms with Gasteiger partial charge in [-0.2, -0.15) is 0 Å². The van der Waals surface area contributed by atoms with E-state index >= 15 is 0 Å². The van der Waals surface area contributed by atoms with Crippen LogP contribution in [0.1, 0.15) is 17.3 Å². The Morgan fingerprint density at radius 2 is 2.12 bits per heavy atom. The molecule has 1 atom stereocenters. The number of aromatic amines is 1. The predicted molar refractivity (Wildman–Crippen MR) is 60.8 cm³/mol. The minimum atomic E-state index is -0.953. The highest BCUT2D eigenvalue weighted by Gasteiger charge is 2.18. The maximum absolute atomic E-state index is 11.8. The van der Waals surface area contributed by atoms with Crippen molar-refractivity contribution in [2.45, 2.75) is 6.92 Å². The van der Waals surface area contributed by atoms with Gasteiger partial charge in [0, 0.05) is 25.9 Å². The molecular formula is C11H14N2O4. The fraction of sp³-hybridized carbons (Fsp3) is 0.364. The summed E-state index contributed by atoms with van der Waals surface area (Å²) in [6, 6.07) is 2.66. The second-order valence-electron chi connectivity index (χ2n) is 3.87. The monoisotopic (exact) mass is 238 g/mol. The van der Waals surface area contributed by atoms with Gasteiger partial charge >= 0.3 is 5.97 Å². The number of carboxylic acids is 1. The van der Waals surface area contributed by atoms with Crippen molar-refractivity contribution < 1.29 is 14.7 Å². The second kappa shape index (κ2) is 5.29. The zero-order chi connectivity index (χ0) is 13.0. The van der Waals surface area contributed by atoms with E-state index in [1.165, 1.54) is 37.2 Å². The molecule has 0 aliphatic heterocycles. The molecule has 0 radical (unpaired) electrons. The number of hydrogen-bond donors (Lipinski definition) is 2. The zero-order valence-corrected chi connectivity index (χ0v) is 9.64. The minimum absolute atomic E-state index is 0.118. The third kappa shape index (κ3) is 3.44. The topological polar surface area (TPSA) is 90.5 Å². The molecule has 0 aromatic carbocycles. The predicted octanol–water partition coefficient (Wildman–Crippen LogP) is 0.168. The normalized spacial score (nSPS) is 11.9. The molecule has 0 aliphatic rings. The van der Waals surface area contributed by atoms with Crippen LogP contribution in [0, 0.1) is 5.92 Å². The number of carboxylic acid groups (broad SMARTS) is 1. The SMILES string of the molecule is CC(CN(C)C(=O)c1ccc(=O)[nH]c1)C(=O)O. The van der Waals surface area contributed by atoms with E-state index in [1.807, 2.05) is 0 Å². The number of nitrogens with zero attached hydrogens (tertiary/aromatic N) is 1. The van der Waals surface area contributed by atoms with E-state index in [4.69, 9.17) is 5.11 Å². The van der Waals surface area contributed by atoms with Crippen LogP contribution < -0.4 is 5.56 Å². The number of H-pyrrole nitrogens is 1. The summed E-state index contributed by atoms with van der Waals surface area (Å²) in [5.74, 6) is -1.91. The minimum Gasteiger partial charge on any atom is -0.481 e. The number of aromatic nitrogens is 1. The number of amides is 1. The van der Waals surface area contributed by atoms with Gasteiger partial charge < -0.3 is 15.0 Å². The maximum atomic E-state index is 11.8. The highest BCUT2D eigenvalue weighted by atomic mass is 16.4. The van der Waals surface area contributed by atoms with Gasteiger partial charge in [0.15, 0.2) is 0 Å². The lowest BCUT2D eigenvalue weighted by molar-refractivity contribution is -0.141. The fourth-order valence-corrected chi connectivity index (χ4v) is 1.34. The summed E-state index contributed by atoms with van der Waals surface area (Å²) in [7, 11) is 1.52. The Hall–Kier alpha value is -2.11. The summed E-state index contributed by atoms with van der Waals surface area (Å²) in [6.07, 6.45) is 1.31. The molecule has 0 spiro atoms. The van der Waals surface area contributed by atoms with E-state index < -0.39 is 11.9 Å². The highest BCUT2D eigenvalue weighted by Crippen LogP contribution is 2.04. The van der Waals surface area contributed by atoms with Gasteiger partial charge in [-0.05, 0) is 6.07 Å². The third-order valence-electron chi connectivity index (χ3n) is 2.35. The highest BCUT2D eigenvalue weighted by molar-refractivity contribution is 5.93. The van der Waals surface area contributed by atoms with Crippen LogP contribution in [0.15, 0.2) is 23.1 Å². The van der Waals surface area contributed by atoms with Gasteiger partial charge in [-0.25, -0.2) is 0 Å². The molecule has 6 nitrogen and oxygen atoms in total. The lowest BCUT2D eigenvalue weighted by atomic mass is 10.1. The van der Waals surface area contributed by atoms with Crippen LogP contribution in [0.3, 0.4) is 0 Å². The first-order valence-corrected chi connectivity index (χ1v) is 5.09. The van der Waals surface area contributed by atoms with Crippen molar-refractivity contribution in [1.82, 2.24) is 9.88 Å². The Bertz CT molecular complexity index is 460. The van der Waals surface area contributed by atoms with E-state index in [1.54, 1.807) is 0 Å². The van der Waals surface area contributed by atoms with Crippen LogP contribution in [-0.4, -0.2) is 40.5 Å². The average Bonchev–Trinajstić information content (AvgIpc) is 2.28. The van der Waals surface area contributed by atoms with Gasteiger partial charge in [0.1, 0.15) is 0 Å². The number of aliphatic carboxylic acids is 1. The summed E-state index contributed by atoms with van der Waals surface area (Å²) >= 11 is 0. The lowest BCUT2D eigenvalue weighted by Gasteiger charge is -2.19. The van der Waals surface area contributed by atoms with Crippen LogP contribution in [0.2, 0.25) is 0 Å². The largest absolute Gasteiger partial charge is 0.481 e. The molecule has 0 fully saturated rings. The summed E-state index contributed by atoms with van der Waals surface area (Å²) in [6.45, 7) is 1.65. The molecule has 0 saturated carbocycles. The van der Waals surface area contributed by atoms with Gasteiger partial charge in [-0.1, -0.05) is 6.92 Å². The number of nitrogens with one attached hydrogen (secondary N) is 1. The molecule has 1 amide bonds. The van der Waals surface area contributed by atoms with E-state index in [0.717, 1.165) is 0 Å². The summed E-state index contributed by atoms with van der Waals surface area (Å²) in [5.41, 5.74) is 0.0350. The molecule has 1 aromatic rings. The summed E-state index contributed by atoms with van der Waals surface area (Å²) < 4.78 is 0. The van der Waals surface area contributed by atoms with Crippen molar-refractivity contribution >= 4 is 11.9 Å². The van der Waals surface area contributed by atoms with Crippen LogP contribution in [0.5, 0.6) is 0 Å². The molecule has 92 valence electrons. The van der Waals surface area contributed by atoms with Crippen molar-refractivity contribution in [2.24, 2.45) is 5.92 Å². The van der Waals surface area contributed by atoms with Crippen molar-refractivity contribution in [3.63, 3.8) is 0 Å². The van der Waals surface area contributed by atoms with Crippen LogP contribution in [0.25, 0.3) is 0 Å². The van der Waals surface area contributed by atoms with Crippen molar-refractivity contribution in [2.75, 3.05) is 13.6 Å². The van der Waals surface area contributed by atoms with Crippen molar-refractivity contribution in [1.29, 1.82) is 0 Å². The molecule has 0 bridgehead atoms. The molecule has 1 unspecified atom stereocenters. The molecule has 6 heteroatoms. The van der Waals surface area contributed by atoms with Gasteiger partial charge in [0.25, 0.3) is 5.91 Å². The standard InChI is InChI=1S/C11H14N2O4/c1-7(11(16)17)6-13(2)10(15)8-3-4-9(14)12-5-8/h3-5,7H,6H2,1-2H3,(H,12,14)(H,16,17). The Morgan fingerprint density at radius 3 is 2.59 bits per heavy atom. The Balaban J connectivity index is 2.73. The number of hydrogen-bond acceptors (Lipinski definition) is 3. The zero-order valence-electron chi connectivity index (χ0n) is 9.64. The third-order valence-corrected chi connectivity index (χ3v) is 2.35. The molecule has 1 rings (SSSR count). The number of pyridine rings is 1. The molecule has 1 heterocycles. The van der Waals surface area contributed by atoms with Gasteiger partial charge in [-0.3, -0.25) is 14.4 Å². The molecule has 0 aliphatic carbocycles. The fourth-order valence-electron chi connectivity index (χ4n) is 1.34. The van der Waals surface area contributed by atoms with Crippen LogP contribution in [0.4, 0.5) is 0 Å². The quantitative estimate of drug-likeness (QED) is 0.782. The second-order valence-corrected chi connectivity index (χ2v) is 3.87. The Labute approximate surface area is 97.9 Å². The van der Waals surface area contributed by atoms with E-state index in [9.17, 15) is 14.4 Å². The molecular weight excluding hydrogens is 224 g/mol. The lowest BCUT2D eigenvalue weighted by Crippen LogP contribution is -2.33. The maximum Gasteiger partial charge on any atom is 0.308 e. The molecule has 0 saturated heterocycles. The number of rotatable bonds is 4. The average molecular weight is 238 g/mol. The van der Waals surface area contributed by atoms with E-state index in [-0.39, 0.29) is 18.0 Å². The van der Waals surface area contributed by atoms with Crippen LogP contribution in [-0.2, 0) is 4.79 Å². The first-order valence-electron chi connectivity index (χ1n) is 5.09. The van der Waals surface area contributed by atoms with Gasteiger partial charge in [0.05, 0.1) is 11.5 Å². The summed E-state index contributed by atoms with van der Waals surface area (Å²) in [5, 5.41) is 8.73.